The van der Waals surface area contributed by atoms with Gasteiger partial charge in [0.2, 0.25) is 10.0 Å². The van der Waals surface area contributed by atoms with Gasteiger partial charge in [0, 0.05) is 37.3 Å². The summed E-state index contributed by atoms with van der Waals surface area (Å²) >= 11 is 0. The van der Waals surface area contributed by atoms with Crippen LogP contribution in [-0.2, 0) is 16.6 Å². The van der Waals surface area contributed by atoms with E-state index < -0.39 is 10.0 Å². The normalized spacial score (nSPS) is 15.5. The van der Waals surface area contributed by atoms with Gasteiger partial charge in [0.15, 0.2) is 17.1 Å². The summed E-state index contributed by atoms with van der Waals surface area (Å²) in [6.45, 7) is 7.06. The molecule has 0 atom stereocenters. The van der Waals surface area contributed by atoms with Crippen molar-refractivity contribution in [3.8, 4) is 17.2 Å². The van der Waals surface area contributed by atoms with Crippen LogP contribution < -0.4 is 19.9 Å². The Hall–Kier alpha value is -3.02. The number of ether oxygens (including phenoxy) is 2. The molecule has 0 saturated carbocycles. The minimum Gasteiger partial charge on any atom is -0.507 e. The zero-order chi connectivity index (χ0) is 24.3. The van der Waals surface area contributed by atoms with E-state index >= 15 is 0 Å². The third-order valence-electron chi connectivity index (χ3n) is 5.74. The molecule has 34 heavy (non-hydrogen) atoms. The number of nitrogens with one attached hydrogen (secondary N) is 1. The summed E-state index contributed by atoms with van der Waals surface area (Å²) in [5.41, 5.74) is 1.72. The first-order valence-corrected chi connectivity index (χ1v) is 12.8. The molecular formula is C23H30N4O6S. The number of piperidine rings is 1. The minimum absolute atomic E-state index is 0.00167. The van der Waals surface area contributed by atoms with Gasteiger partial charge in [-0.25, -0.2) is 13.6 Å². The van der Waals surface area contributed by atoms with Gasteiger partial charge in [0.05, 0.1) is 18.1 Å². The van der Waals surface area contributed by atoms with E-state index in [1.54, 1.807) is 12.1 Å². The van der Waals surface area contributed by atoms with Crippen LogP contribution in [0, 0.1) is 0 Å². The van der Waals surface area contributed by atoms with E-state index in [-0.39, 0.29) is 16.7 Å². The van der Waals surface area contributed by atoms with Crippen molar-refractivity contribution in [2.24, 2.45) is 5.14 Å². The van der Waals surface area contributed by atoms with E-state index in [4.69, 9.17) is 19.0 Å². The number of phenols is 1. The second kappa shape index (κ2) is 10.1. The Balaban J connectivity index is 1.37. The van der Waals surface area contributed by atoms with Gasteiger partial charge in [-0.2, -0.15) is 4.98 Å². The number of benzene rings is 2. The van der Waals surface area contributed by atoms with Crippen LogP contribution in [0.25, 0.3) is 11.1 Å². The Morgan fingerprint density at radius 1 is 1.15 bits per heavy atom. The molecule has 1 fully saturated rings. The van der Waals surface area contributed by atoms with E-state index in [1.807, 2.05) is 19.9 Å². The second-order valence-electron chi connectivity index (χ2n) is 8.18. The van der Waals surface area contributed by atoms with Gasteiger partial charge >= 0.3 is 0 Å². The predicted molar refractivity (Wildman–Crippen MR) is 128 cm³/mol. The lowest BCUT2D eigenvalue weighted by molar-refractivity contribution is 0.207. The van der Waals surface area contributed by atoms with Crippen molar-refractivity contribution >= 4 is 27.1 Å². The van der Waals surface area contributed by atoms with E-state index in [9.17, 15) is 13.5 Å². The van der Waals surface area contributed by atoms with Crippen molar-refractivity contribution in [3.63, 3.8) is 0 Å². The number of aromatic nitrogens is 1. The highest BCUT2D eigenvalue weighted by Gasteiger charge is 2.23. The first kappa shape index (κ1) is 24.1. The molecule has 10 nitrogen and oxygen atoms in total. The molecule has 1 aromatic heterocycles. The number of oxazole rings is 1. The molecule has 1 saturated heterocycles. The Kier molecular flexibility index (Phi) is 7.15. The maximum atomic E-state index is 11.6. The minimum atomic E-state index is -3.80. The highest BCUT2D eigenvalue weighted by molar-refractivity contribution is 7.89. The van der Waals surface area contributed by atoms with Crippen LogP contribution in [0.4, 0.5) is 6.01 Å². The molecule has 184 valence electrons. The molecule has 4 N–H and O–H groups in total. The average Bonchev–Trinajstić information content (AvgIpc) is 3.19. The predicted octanol–water partition coefficient (Wildman–Crippen LogP) is 3.05. The number of aromatic hydroxyl groups is 1. The van der Waals surface area contributed by atoms with Gasteiger partial charge in [-0.05, 0) is 51.0 Å². The summed E-state index contributed by atoms with van der Waals surface area (Å²) in [5, 5.41) is 19.0. The molecule has 1 aliphatic rings. The first-order valence-electron chi connectivity index (χ1n) is 11.3. The summed E-state index contributed by atoms with van der Waals surface area (Å²) in [7, 11) is -3.80. The van der Waals surface area contributed by atoms with Gasteiger partial charge in [0.25, 0.3) is 6.01 Å². The lowest BCUT2D eigenvalue weighted by atomic mass is 10.0. The molecule has 0 amide bonds. The molecule has 0 spiro atoms. The van der Waals surface area contributed by atoms with Crippen LogP contribution in [0.5, 0.6) is 17.2 Å². The van der Waals surface area contributed by atoms with Crippen molar-refractivity contribution < 1.29 is 27.4 Å². The van der Waals surface area contributed by atoms with Gasteiger partial charge in [-0.15, -0.1) is 0 Å². The fourth-order valence-electron chi connectivity index (χ4n) is 4.05. The van der Waals surface area contributed by atoms with E-state index in [2.05, 4.69) is 15.2 Å². The van der Waals surface area contributed by atoms with Crippen molar-refractivity contribution in [3.05, 3.63) is 35.9 Å². The lowest BCUT2D eigenvalue weighted by Crippen LogP contribution is -2.38. The number of primary sulfonamides is 1. The maximum Gasteiger partial charge on any atom is 0.295 e. The van der Waals surface area contributed by atoms with Crippen LogP contribution in [0.3, 0.4) is 0 Å². The number of phenolic OH excluding ortho intramolecular Hbond substituents is 1. The van der Waals surface area contributed by atoms with Crippen LogP contribution in [0.15, 0.2) is 39.6 Å². The van der Waals surface area contributed by atoms with Gasteiger partial charge in [-0.1, -0.05) is 0 Å². The third-order valence-corrected chi connectivity index (χ3v) is 6.65. The SMILES string of the molecule is CCOc1cc(O)c(CN2CCC(Nc3nc4cc(S(N)(=O)=O)ccc4o3)CC2)cc1OCC. The van der Waals surface area contributed by atoms with Crippen LogP contribution in [0.1, 0.15) is 32.3 Å². The van der Waals surface area contributed by atoms with Gasteiger partial charge < -0.3 is 24.3 Å². The Morgan fingerprint density at radius 3 is 2.47 bits per heavy atom. The topological polar surface area (TPSA) is 140 Å². The molecular weight excluding hydrogens is 460 g/mol. The van der Waals surface area contributed by atoms with Crippen LogP contribution in [-0.4, -0.2) is 55.8 Å². The smallest absolute Gasteiger partial charge is 0.295 e. The number of likely N-dealkylation sites (tertiary alicyclic amines) is 1. The molecule has 4 rings (SSSR count). The number of nitrogens with two attached hydrogens (primary N) is 1. The van der Waals surface area contributed by atoms with E-state index in [1.165, 1.54) is 12.1 Å². The van der Waals surface area contributed by atoms with Crippen molar-refractivity contribution in [1.29, 1.82) is 0 Å². The Labute approximate surface area is 198 Å². The highest BCUT2D eigenvalue weighted by Crippen LogP contribution is 2.35. The number of hydrogen-bond acceptors (Lipinski definition) is 9. The van der Waals surface area contributed by atoms with Gasteiger partial charge in [0.1, 0.15) is 11.3 Å². The van der Waals surface area contributed by atoms with Crippen LogP contribution in [0.2, 0.25) is 0 Å². The number of anilines is 1. The highest BCUT2D eigenvalue weighted by atomic mass is 32.2. The quantitative estimate of drug-likeness (QED) is 0.413. The third kappa shape index (κ3) is 5.54. The molecule has 0 bridgehead atoms. The van der Waals surface area contributed by atoms with Crippen LogP contribution >= 0.6 is 0 Å². The zero-order valence-corrected chi connectivity index (χ0v) is 20.1. The van der Waals surface area contributed by atoms with E-state index in [0.717, 1.165) is 31.5 Å². The van der Waals surface area contributed by atoms with Crippen molar-refractivity contribution in [1.82, 2.24) is 9.88 Å². The lowest BCUT2D eigenvalue weighted by Gasteiger charge is -2.32. The Morgan fingerprint density at radius 2 is 1.82 bits per heavy atom. The molecule has 1 aliphatic heterocycles. The number of rotatable bonds is 9. The molecule has 0 aliphatic carbocycles. The summed E-state index contributed by atoms with van der Waals surface area (Å²) in [4.78, 5) is 6.63. The number of nitrogens with zero attached hydrogens (tertiary/aromatic N) is 2. The van der Waals surface area contributed by atoms with E-state index in [0.29, 0.717) is 48.4 Å². The molecule has 11 heteroatoms. The van der Waals surface area contributed by atoms with Crippen molar-refractivity contribution in [2.75, 3.05) is 31.6 Å². The summed E-state index contributed by atoms with van der Waals surface area (Å²) in [6, 6.07) is 8.34. The number of hydrogen-bond donors (Lipinski definition) is 3. The first-order chi connectivity index (χ1) is 16.3. The number of sulfonamides is 1. The standard InChI is InChI=1S/C23H30N4O6S/c1-3-31-21-11-15(19(28)13-22(21)32-4-2)14-27-9-7-16(8-10-27)25-23-26-18-12-17(34(24,29)30)5-6-20(18)33-23/h5-6,11-13,16,28H,3-4,7-10,14H2,1-2H3,(H,25,26)(H2,24,29,30). The molecule has 2 heterocycles. The monoisotopic (exact) mass is 490 g/mol. The summed E-state index contributed by atoms with van der Waals surface area (Å²) in [5.74, 6) is 1.37. The molecule has 0 radical (unpaired) electrons. The largest absolute Gasteiger partial charge is 0.507 e. The summed E-state index contributed by atoms with van der Waals surface area (Å²) in [6.07, 6.45) is 1.72. The molecule has 0 unspecified atom stereocenters. The fraction of sp³-hybridized carbons (Fsp3) is 0.435. The molecule has 2 aromatic carbocycles. The fourth-order valence-corrected chi connectivity index (χ4v) is 4.59. The van der Waals surface area contributed by atoms with Crippen molar-refractivity contribution in [2.45, 2.75) is 44.2 Å². The Bertz CT molecular complexity index is 1250. The molecule has 3 aromatic rings. The average molecular weight is 491 g/mol. The zero-order valence-electron chi connectivity index (χ0n) is 19.3. The maximum absolute atomic E-state index is 11.6. The second-order valence-corrected chi connectivity index (χ2v) is 9.74. The number of fused-ring (bicyclic) bond motifs is 1. The van der Waals surface area contributed by atoms with Gasteiger partial charge in [-0.3, -0.25) is 4.90 Å². The summed E-state index contributed by atoms with van der Waals surface area (Å²) < 4.78 is 40.1.